The second kappa shape index (κ2) is 5.82. The van der Waals surface area contributed by atoms with Gasteiger partial charge < -0.3 is 4.74 Å². The van der Waals surface area contributed by atoms with Crippen molar-refractivity contribution in [1.82, 2.24) is 9.55 Å². The number of rotatable bonds is 2. The molecule has 23 heavy (non-hydrogen) atoms. The summed E-state index contributed by atoms with van der Waals surface area (Å²) in [7, 11) is 0. The van der Waals surface area contributed by atoms with Crippen molar-refractivity contribution in [1.29, 1.82) is 0 Å². The van der Waals surface area contributed by atoms with Crippen LogP contribution in [0.1, 0.15) is 57.3 Å². The Morgan fingerprint density at radius 2 is 2.26 bits per heavy atom. The van der Waals surface area contributed by atoms with Gasteiger partial charge in [0.1, 0.15) is 5.56 Å². The van der Waals surface area contributed by atoms with Crippen molar-refractivity contribution in [2.45, 2.75) is 56.9 Å². The number of hydrogen-bond acceptors (Lipinski definition) is 5. The van der Waals surface area contributed by atoms with Gasteiger partial charge in [0.2, 0.25) is 0 Å². The largest absolute Gasteiger partial charge is 0.462 e. The summed E-state index contributed by atoms with van der Waals surface area (Å²) < 4.78 is 6.56. The molecule has 0 saturated carbocycles. The Bertz CT molecular complexity index is 749. The number of allylic oxidation sites excluding steroid dienone is 1. The average molecular weight is 334 g/mol. The summed E-state index contributed by atoms with van der Waals surface area (Å²) in [5.41, 5.74) is 2.04. The van der Waals surface area contributed by atoms with Crippen LogP contribution in [0.2, 0.25) is 0 Å². The molecule has 0 saturated heterocycles. The van der Waals surface area contributed by atoms with E-state index < -0.39 is 5.97 Å². The SMILES string of the molecule is CCOC(=O)c1cnc2n(c1=O)C1=C(CC[C@@H](C)C1)C(C)(C)S2. The first-order valence-electron chi connectivity index (χ1n) is 8.06. The van der Waals surface area contributed by atoms with E-state index in [-0.39, 0.29) is 22.5 Å². The highest BCUT2D eigenvalue weighted by Crippen LogP contribution is 2.49. The number of ether oxygens (including phenoxy) is 1. The van der Waals surface area contributed by atoms with Crippen LogP contribution in [0.4, 0.5) is 0 Å². The van der Waals surface area contributed by atoms with Gasteiger partial charge in [0, 0.05) is 10.4 Å². The maximum Gasteiger partial charge on any atom is 0.345 e. The highest BCUT2D eigenvalue weighted by atomic mass is 32.2. The fourth-order valence-electron chi connectivity index (χ4n) is 3.35. The zero-order valence-corrected chi connectivity index (χ0v) is 14.8. The minimum absolute atomic E-state index is 0.0148. The standard InChI is InChI=1S/C17H22N2O3S/c1-5-22-15(21)11-9-18-16-19(14(11)20)13-8-10(2)6-7-12(13)17(3,4)23-16/h9-10H,5-8H2,1-4H3/t10-/m1/s1. The van der Waals surface area contributed by atoms with Crippen molar-refractivity contribution in [2.24, 2.45) is 5.92 Å². The molecule has 0 N–H and O–H groups in total. The molecule has 0 amide bonds. The van der Waals surface area contributed by atoms with Gasteiger partial charge in [-0.05, 0) is 51.5 Å². The van der Waals surface area contributed by atoms with Crippen LogP contribution in [0.25, 0.3) is 5.70 Å². The third-order valence-electron chi connectivity index (χ3n) is 4.54. The Kier molecular flexibility index (Phi) is 4.12. The first-order valence-corrected chi connectivity index (χ1v) is 8.88. The van der Waals surface area contributed by atoms with Gasteiger partial charge in [-0.2, -0.15) is 0 Å². The minimum Gasteiger partial charge on any atom is -0.462 e. The fourth-order valence-corrected chi connectivity index (χ4v) is 4.54. The van der Waals surface area contributed by atoms with E-state index >= 15 is 0 Å². The van der Waals surface area contributed by atoms with E-state index in [9.17, 15) is 9.59 Å². The second-order valence-electron chi connectivity index (χ2n) is 6.70. The molecule has 0 fully saturated rings. The highest BCUT2D eigenvalue weighted by Gasteiger charge is 2.38. The molecule has 2 aliphatic rings. The predicted octanol–water partition coefficient (Wildman–Crippen LogP) is 3.34. The Morgan fingerprint density at radius 1 is 1.52 bits per heavy atom. The Balaban J connectivity index is 2.19. The van der Waals surface area contributed by atoms with E-state index in [1.54, 1.807) is 23.3 Å². The molecular formula is C17H22N2O3S. The maximum absolute atomic E-state index is 12.9. The molecule has 0 bridgehead atoms. The first kappa shape index (κ1) is 16.3. The molecule has 0 unspecified atom stereocenters. The Labute approximate surface area is 140 Å². The van der Waals surface area contributed by atoms with Gasteiger partial charge in [-0.25, -0.2) is 9.78 Å². The van der Waals surface area contributed by atoms with Crippen LogP contribution < -0.4 is 5.56 Å². The van der Waals surface area contributed by atoms with Crippen LogP contribution in [0.5, 0.6) is 0 Å². The molecule has 0 radical (unpaired) electrons. The zero-order chi connectivity index (χ0) is 16.8. The van der Waals surface area contributed by atoms with E-state index in [0.29, 0.717) is 11.1 Å². The molecule has 3 rings (SSSR count). The third kappa shape index (κ3) is 2.73. The lowest BCUT2D eigenvalue weighted by Gasteiger charge is -2.39. The lowest BCUT2D eigenvalue weighted by Crippen LogP contribution is -2.37. The minimum atomic E-state index is -0.596. The van der Waals surface area contributed by atoms with Crippen molar-refractivity contribution in [2.75, 3.05) is 6.61 Å². The lowest BCUT2D eigenvalue weighted by atomic mass is 9.83. The first-order chi connectivity index (χ1) is 10.8. The molecule has 1 aliphatic carbocycles. The molecule has 1 atom stereocenters. The molecule has 1 aromatic heterocycles. The molecular weight excluding hydrogens is 312 g/mol. The van der Waals surface area contributed by atoms with Crippen LogP contribution in [0.3, 0.4) is 0 Å². The van der Waals surface area contributed by atoms with Gasteiger partial charge in [0.15, 0.2) is 5.16 Å². The van der Waals surface area contributed by atoms with Crippen molar-refractivity contribution in [3.05, 3.63) is 27.7 Å². The normalized spacial score (nSPS) is 22.3. The summed E-state index contributed by atoms with van der Waals surface area (Å²) in [5.74, 6) is -0.0696. The van der Waals surface area contributed by atoms with Crippen LogP contribution in [-0.4, -0.2) is 26.9 Å². The number of esters is 1. The molecule has 0 spiro atoms. The molecule has 0 aromatic carbocycles. The fraction of sp³-hybridized carbons (Fsp3) is 0.588. The van der Waals surface area contributed by atoms with Crippen LogP contribution in [-0.2, 0) is 4.74 Å². The quantitative estimate of drug-likeness (QED) is 0.613. The predicted molar refractivity (Wildman–Crippen MR) is 90.6 cm³/mol. The van der Waals surface area contributed by atoms with Crippen molar-refractivity contribution in [3.63, 3.8) is 0 Å². The van der Waals surface area contributed by atoms with Crippen molar-refractivity contribution < 1.29 is 9.53 Å². The second-order valence-corrected chi connectivity index (χ2v) is 8.29. The molecule has 5 nitrogen and oxygen atoms in total. The summed E-state index contributed by atoms with van der Waals surface area (Å²) in [4.78, 5) is 29.3. The van der Waals surface area contributed by atoms with Crippen molar-refractivity contribution >= 4 is 23.4 Å². The van der Waals surface area contributed by atoms with E-state index in [1.807, 2.05) is 0 Å². The summed E-state index contributed by atoms with van der Waals surface area (Å²) >= 11 is 1.59. The number of hydrogen-bond donors (Lipinski definition) is 0. The van der Waals surface area contributed by atoms with Gasteiger partial charge in [-0.3, -0.25) is 9.36 Å². The number of aromatic nitrogens is 2. The molecule has 1 aromatic rings. The molecule has 1 aliphatic heterocycles. The van der Waals surface area contributed by atoms with Gasteiger partial charge >= 0.3 is 5.97 Å². The van der Waals surface area contributed by atoms with Crippen molar-refractivity contribution in [3.8, 4) is 0 Å². The van der Waals surface area contributed by atoms with Crippen LogP contribution in [0, 0.1) is 5.92 Å². The van der Waals surface area contributed by atoms with Gasteiger partial charge in [0.05, 0.1) is 12.8 Å². The number of thioether (sulfide) groups is 1. The van der Waals surface area contributed by atoms with Crippen LogP contribution >= 0.6 is 11.8 Å². The third-order valence-corrected chi connectivity index (χ3v) is 5.77. The number of fused-ring (bicyclic) bond motifs is 2. The topological polar surface area (TPSA) is 61.2 Å². The zero-order valence-electron chi connectivity index (χ0n) is 14.0. The monoisotopic (exact) mass is 334 g/mol. The Hall–Kier alpha value is -1.56. The van der Waals surface area contributed by atoms with E-state index in [1.165, 1.54) is 11.8 Å². The lowest BCUT2D eigenvalue weighted by molar-refractivity contribution is 0.0523. The van der Waals surface area contributed by atoms with Crippen LogP contribution in [0.15, 0.2) is 21.7 Å². The summed E-state index contributed by atoms with van der Waals surface area (Å²) in [6.45, 7) is 8.53. The van der Waals surface area contributed by atoms with E-state index in [2.05, 4.69) is 25.8 Å². The number of nitrogens with zero attached hydrogens (tertiary/aromatic N) is 2. The van der Waals surface area contributed by atoms with E-state index in [4.69, 9.17) is 4.74 Å². The molecule has 124 valence electrons. The summed E-state index contributed by atoms with van der Waals surface area (Å²) in [6.07, 6.45) is 4.33. The number of carbonyl (C=O) groups excluding carboxylic acids is 1. The number of carbonyl (C=O) groups is 1. The average Bonchev–Trinajstić information content (AvgIpc) is 2.46. The van der Waals surface area contributed by atoms with Gasteiger partial charge in [0.25, 0.3) is 5.56 Å². The van der Waals surface area contributed by atoms with Gasteiger partial charge in [-0.1, -0.05) is 18.7 Å². The molecule has 2 heterocycles. The summed E-state index contributed by atoms with van der Waals surface area (Å²) in [5, 5.41) is 0.667. The smallest absolute Gasteiger partial charge is 0.345 e. The highest BCUT2D eigenvalue weighted by molar-refractivity contribution is 8.00. The van der Waals surface area contributed by atoms with E-state index in [0.717, 1.165) is 25.0 Å². The maximum atomic E-state index is 12.9. The van der Waals surface area contributed by atoms with Gasteiger partial charge in [-0.15, -0.1) is 0 Å². The Morgan fingerprint density at radius 3 is 2.96 bits per heavy atom. The molecule has 6 heteroatoms. The summed E-state index contributed by atoms with van der Waals surface area (Å²) in [6, 6.07) is 0.